The van der Waals surface area contributed by atoms with Crippen LogP contribution in [0.1, 0.15) is 26.7 Å². The van der Waals surface area contributed by atoms with Crippen molar-refractivity contribution in [1.82, 2.24) is 14.9 Å². The van der Waals surface area contributed by atoms with Gasteiger partial charge in [-0.1, -0.05) is 25.4 Å². The molecule has 1 fully saturated rings. The maximum absolute atomic E-state index is 12.9. The Morgan fingerprint density at radius 1 is 1.21 bits per heavy atom. The summed E-state index contributed by atoms with van der Waals surface area (Å²) < 4.78 is 32.5. The van der Waals surface area contributed by atoms with E-state index in [0.717, 1.165) is 6.42 Å². The first-order valence-electron chi connectivity index (χ1n) is 9.17. The number of amides is 2. The Hall–Kier alpha value is -1.68. The first-order chi connectivity index (χ1) is 13.2. The van der Waals surface area contributed by atoms with E-state index in [-0.39, 0.29) is 18.0 Å². The molecule has 1 heterocycles. The Labute approximate surface area is 170 Å². The summed E-state index contributed by atoms with van der Waals surface area (Å²) in [6.45, 7) is 4.94. The lowest BCUT2D eigenvalue weighted by Gasteiger charge is -2.34. The first kappa shape index (κ1) is 22.6. The van der Waals surface area contributed by atoms with Gasteiger partial charge in [-0.25, -0.2) is 8.42 Å². The van der Waals surface area contributed by atoms with Gasteiger partial charge in [-0.05, 0) is 43.0 Å². The van der Waals surface area contributed by atoms with Gasteiger partial charge in [-0.15, -0.1) is 0 Å². The zero-order valence-electron chi connectivity index (χ0n) is 16.0. The minimum atomic E-state index is -3.82. The van der Waals surface area contributed by atoms with Crippen LogP contribution in [0.4, 0.5) is 0 Å². The maximum atomic E-state index is 12.9. The summed E-state index contributed by atoms with van der Waals surface area (Å²) in [7, 11) is -3.82. The Bertz CT molecular complexity index is 783. The second-order valence-corrected chi connectivity index (χ2v) is 9.22. The molecule has 1 aromatic carbocycles. The summed E-state index contributed by atoms with van der Waals surface area (Å²) in [6.07, 6.45) is 0.409. The van der Waals surface area contributed by atoms with Crippen molar-refractivity contribution in [3.05, 3.63) is 29.3 Å². The van der Waals surface area contributed by atoms with Crippen molar-refractivity contribution < 1.29 is 22.7 Å². The lowest BCUT2D eigenvalue weighted by Crippen LogP contribution is -2.53. The average molecular weight is 432 g/mol. The molecule has 0 radical (unpaired) electrons. The lowest BCUT2D eigenvalue weighted by atomic mass is 10.1. The van der Waals surface area contributed by atoms with Gasteiger partial charge < -0.3 is 15.4 Å². The van der Waals surface area contributed by atoms with E-state index in [1.165, 1.54) is 28.6 Å². The normalized spacial score (nSPS) is 18.1. The number of halogens is 1. The highest BCUT2D eigenvalue weighted by molar-refractivity contribution is 7.89. The molecule has 156 valence electrons. The number of ether oxygens (including phenoxy) is 1. The quantitative estimate of drug-likeness (QED) is 0.634. The third kappa shape index (κ3) is 6.16. The average Bonchev–Trinajstić information content (AvgIpc) is 2.66. The number of sulfonamides is 1. The minimum Gasteiger partial charge on any atom is -0.360 e. The number of rotatable bonds is 7. The van der Waals surface area contributed by atoms with Crippen molar-refractivity contribution in [2.24, 2.45) is 5.92 Å². The van der Waals surface area contributed by atoms with Crippen LogP contribution in [0.25, 0.3) is 0 Å². The highest BCUT2D eigenvalue weighted by Crippen LogP contribution is 2.23. The van der Waals surface area contributed by atoms with E-state index in [0.29, 0.717) is 30.5 Å². The second-order valence-electron chi connectivity index (χ2n) is 6.90. The predicted molar refractivity (Wildman–Crippen MR) is 105 cm³/mol. The van der Waals surface area contributed by atoms with E-state index < -0.39 is 28.1 Å². The van der Waals surface area contributed by atoms with Crippen molar-refractivity contribution in [2.75, 3.05) is 26.2 Å². The fraction of sp³-hybridized carbons (Fsp3) is 0.556. The van der Waals surface area contributed by atoms with Crippen molar-refractivity contribution in [1.29, 1.82) is 0 Å². The second kappa shape index (κ2) is 10.2. The van der Waals surface area contributed by atoms with Crippen LogP contribution < -0.4 is 10.6 Å². The fourth-order valence-corrected chi connectivity index (χ4v) is 4.35. The summed E-state index contributed by atoms with van der Waals surface area (Å²) in [5.74, 6) is -1.16. The number of benzene rings is 1. The molecule has 0 unspecified atom stereocenters. The zero-order valence-corrected chi connectivity index (χ0v) is 17.6. The van der Waals surface area contributed by atoms with Gasteiger partial charge in [0.1, 0.15) is 6.23 Å². The summed E-state index contributed by atoms with van der Waals surface area (Å²) >= 11 is 5.83. The Kier molecular flexibility index (Phi) is 8.23. The molecule has 0 spiro atoms. The zero-order chi connectivity index (χ0) is 20.7. The standard InChI is InChI=1S/C18H26ClN3O5S/c1-13(2)8-9-20-17(23)18(24)21-12-16-22(10-3-11-27-16)28(25,26)15-6-4-14(19)5-7-15/h4-7,13,16H,3,8-12H2,1-2H3,(H,20,23)(H,21,24)/t16-/m1/s1. The van der Waals surface area contributed by atoms with Gasteiger partial charge in [0.15, 0.2) is 0 Å². The number of carbonyl (C=O) groups excluding carboxylic acids is 2. The lowest BCUT2D eigenvalue weighted by molar-refractivity contribution is -0.140. The molecule has 1 aromatic rings. The third-order valence-electron chi connectivity index (χ3n) is 4.23. The molecule has 1 aliphatic heterocycles. The highest BCUT2D eigenvalue weighted by Gasteiger charge is 2.34. The number of nitrogens with zero attached hydrogens (tertiary/aromatic N) is 1. The van der Waals surface area contributed by atoms with Crippen LogP contribution in [0.3, 0.4) is 0 Å². The Balaban J connectivity index is 1.98. The molecule has 28 heavy (non-hydrogen) atoms. The van der Waals surface area contributed by atoms with Crippen LogP contribution in [-0.4, -0.2) is 57.0 Å². The summed E-state index contributed by atoms with van der Waals surface area (Å²) in [5.41, 5.74) is 0. The van der Waals surface area contributed by atoms with Crippen LogP contribution in [0.15, 0.2) is 29.2 Å². The largest absolute Gasteiger partial charge is 0.360 e. The van der Waals surface area contributed by atoms with Crippen LogP contribution in [0.5, 0.6) is 0 Å². The minimum absolute atomic E-state index is 0.0881. The third-order valence-corrected chi connectivity index (χ3v) is 6.38. The molecule has 10 heteroatoms. The van der Waals surface area contributed by atoms with Crippen LogP contribution in [0.2, 0.25) is 5.02 Å². The van der Waals surface area contributed by atoms with E-state index >= 15 is 0 Å². The highest BCUT2D eigenvalue weighted by atomic mass is 35.5. The van der Waals surface area contributed by atoms with Gasteiger partial charge >= 0.3 is 11.8 Å². The van der Waals surface area contributed by atoms with E-state index in [9.17, 15) is 18.0 Å². The predicted octanol–water partition coefficient (Wildman–Crippen LogP) is 1.36. The molecule has 2 N–H and O–H groups in total. The molecule has 1 atom stereocenters. The number of carbonyl (C=O) groups is 2. The maximum Gasteiger partial charge on any atom is 0.309 e. The summed E-state index contributed by atoms with van der Waals surface area (Å²) in [6, 6.07) is 5.84. The van der Waals surface area contributed by atoms with Gasteiger partial charge in [-0.3, -0.25) is 9.59 Å². The number of hydrogen-bond acceptors (Lipinski definition) is 5. The molecule has 2 amide bonds. The summed E-state index contributed by atoms with van der Waals surface area (Å²) in [4.78, 5) is 23.9. The van der Waals surface area contributed by atoms with E-state index in [4.69, 9.17) is 16.3 Å². The molecule has 1 saturated heterocycles. The fourth-order valence-electron chi connectivity index (χ4n) is 2.66. The van der Waals surface area contributed by atoms with Crippen molar-refractivity contribution in [3.8, 4) is 0 Å². The van der Waals surface area contributed by atoms with Crippen molar-refractivity contribution in [2.45, 2.75) is 37.8 Å². The Morgan fingerprint density at radius 3 is 2.50 bits per heavy atom. The molecule has 1 aliphatic rings. The molecule has 0 bridgehead atoms. The number of hydrogen-bond donors (Lipinski definition) is 2. The van der Waals surface area contributed by atoms with Crippen LogP contribution in [-0.2, 0) is 24.3 Å². The molecule has 0 aliphatic carbocycles. The van der Waals surface area contributed by atoms with E-state index in [1.807, 2.05) is 13.8 Å². The molecule has 0 aromatic heterocycles. The van der Waals surface area contributed by atoms with Gasteiger partial charge in [0, 0.05) is 18.1 Å². The molecular formula is C18H26ClN3O5S. The van der Waals surface area contributed by atoms with E-state index in [1.54, 1.807) is 0 Å². The molecular weight excluding hydrogens is 406 g/mol. The monoisotopic (exact) mass is 431 g/mol. The summed E-state index contributed by atoms with van der Waals surface area (Å²) in [5, 5.41) is 5.42. The number of nitrogens with one attached hydrogen (secondary N) is 2. The van der Waals surface area contributed by atoms with Gasteiger partial charge in [-0.2, -0.15) is 4.31 Å². The van der Waals surface area contributed by atoms with Gasteiger partial charge in [0.25, 0.3) is 0 Å². The van der Waals surface area contributed by atoms with Gasteiger partial charge in [0.2, 0.25) is 10.0 Å². The first-order valence-corrected chi connectivity index (χ1v) is 11.0. The van der Waals surface area contributed by atoms with Crippen molar-refractivity contribution in [3.63, 3.8) is 0 Å². The van der Waals surface area contributed by atoms with Crippen LogP contribution in [0, 0.1) is 5.92 Å². The van der Waals surface area contributed by atoms with Crippen molar-refractivity contribution >= 4 is 33.4 Å². The SMILES string of the molecule is CC(C)CCNC(=O)C(=O)NC[C@H]1OCCCN1S(=O)(=O)c1ccc(Cl)cc1. The molecule has 0 saturated carbocycles. The van der Waals surface area contributed by atoms with E-state index in [2.05, 4.69) is 10.6 Å². The van der Waals surface area contributed by atoms with Gasteiger partial charge in [0.05, 0.1) is 18.0 Å². The van der Waals surface area contributed by atoms with Crippen LogP contribution >= 0.6 is 11.6 Å². The molecule has 2 rings (SSSR count). The topological polar surface area (TPSA) is 105 Å². The molecule has 8 nitrogen and oxygen atoms in total. The Morgan fingerprint density at radius 2 is 1.86 bits per heavy atom. The smallest absolute Gasteiger partial charge is 0.309 e.